The zero-order valence-electron chi connectivity index (χ0n) is 14.5. The lowest BCUT2D eigenvalue weighted by Crippen LogP contribution is -2.50. The number of carbonyl (C=O) groups excluding carboxylic acids is 2. The van der Waals surface area contributed by atoms with Gasteiger partial charge in [-0.05, 0) is 13.0 Å². The van der Waals surface area contributed by atoms with Crippen LogP contribution in [0.25, 0.3) is 0 Å². The summed E-state index contributed by atoms with van der Waals surface area (Å²) in [7, 11) is 0. The number of carbonyl (C=O) groups is 2. The predicted octanol–water partition coefficient (Wildman–Crippen LogP) is 4.52. The van der Waals surface area contributed by atoms with Crippen LogP contribution in [0.4, 0.5) is 0 Å². The molecular formula is C17H12Cl7NO4. The molecule has 8 atom stereocenters. The number of rotatable bonds is 3. The van der Waals surface area contributed by atoms with Gasteiger partial charge in [0.25, 0.3) is 11.8 Å². The van der Waals surface area contributed by atoms with E-state index >= 15 is 0 Å². The van der Waals surface area contributed by atoms with Crippen molar-refractivity contribution in [2.45, 2.75) is 33.2 Å². The van der Waals surface area contributed by atoms with E-state index in [0.29, 0.717) is 5.03 Å². The fraction of sp³-hybridized carbons (Fsp3) is 0.647. The predicted molar refractivity (Wildman–Crippen MR) is 110 cm³/mol. The van der Waals surface area contributed by atoms with Crippen molar-refractivity contribution < 1.29 is 19.2 Å². The minimum atomic E-state index is -1.74. The van der Waals surface area contributed by atoms with Crippen molar-refractivity contribution in [2.24, 2.45) is 23.7 Å². The molecule has 4 fully saturated rings. The Balaban J connectivity index is 1.54. The smallest absolute Gasteiger partial charge is 0.260 e. The van der Waals surface area contributed by atoms with E-state index in [1.165, 1.54) is 6.08 Å². The molecule has 0 N–H and O–H groups in total. The number of halogens is 7. The summed E-state index contributed by atoms with van der Waals surface area (Å²) in [5.41, 5.74) is 0. The molecule has 158 valence electrons. The maximum absolute atomic E-state index is 13.0. The van der Waals surface area contributed by atoms with Gasteiger partial charge in [-0.25, -0.2) is 0 Å². The largest absolute Gasteiger partial charge is 0.373 e. The van der Waals surface area contributed by atoms with Crippen LogP contribution in [0.15, 0.2) is 21.2 Å². The maximum atomic E-state index is 13.0. The molecule has 5 aliphatic rings. The number of nitrogens with zero attached hydrogens (tertiary/aromatic N) is 1. The number of amides is 2. The summed E-state index contributed by atoms with van der Waals surface area (Å²) in [6, 6.07) is 0. The SMILES string of the molecule is C/C(Cl)=C\CON1C(=O)[C@@H]2[C@H]3O[C@@H]([C@@H]2C1=O)[C@H]1[C@@H]3[C@@]2(Cl)C(Cl)=C(Cl)[C@@]1(Cl)C2(Cl)Cl. The summed E-state index contributed by atoms with van der Waals surface area (Å²) in [5, 5.41) is 1.33. The molecule has 0 spiro atoms. The molecule has 12 heteroatoms. The first-order valence-electron chi connectivity index (χ1n) is 8.72. The maximum Gasteiger partial charge on any atom is 0.260 e. The molecule has 1 saturated carbocycles. The Labute approximate surface area is 201 Å². The van der Waals surface area contributed by atoms with Gasteiger partial charge in [0.1, 0.15) is 9.75 Å². The molecule has 0 radical (unpaired) electrons. The Kier molecular flexibility index (Phi) is 4.68. The monoisotopic (exact) mass is 539 g/mol. The summed E-state index contributed by atoms with van der Waals surface area (Å²) >= 11 is 45.6. The highest BCUT2D eigenvalue weighted by Gasteiger charge is 2.90. The van der Waals surface area contributed by atoms with Gasteiger partial charge < -0.3 is 4.74 Å². The summed E-state index contributed by atoms with van der Waals surface area (Å²) in [4.78, 5) is 28.2. The van der Waals surface area contributed by atoms with E-state index in [-0.39, 0.29) is 16.7 Å². The molecule has 0 unspecified atom stereocenters. The van der Waals surface area contributed by atoms with Crippen molar-refractivity contribution >= 4 is 93.0 Å². The number of ether oxygens (including phenoxy) is 1. The Morgan fingerprint density at radius 1 is 1.03 bits per heavy atom. The van der Waals surface area contributed by atoms with Crippen LogP contribution >= 0.6 is 81.2 Å². The van der Waals surface area contributed by atoms with Crippen molar-refractivity contribution in [3.8, 4) is 0 Å². The van der Waals surface area contributed by atoms with Gasteiger partial charge in [0.15, 0.2) is 4.33 Å². The summed E-state index contributed by atoms with van der Waals surface area (Å²) in [6.07, 6.45) is 0.0362. The quantitative estimate of drug-likeness (QED) is 0.389. The molecule has 4 bridgehead atoms. The van der Waals surface area contributed by atoms with E-state index < -0.39 is 61.8 Å². The lowest BCUT2D eigenvalue weighted by molar-refractivity contribution is -0.189. The summed E-state index contributed by atoms with van der Waals surface area (Å²) in [6.45, 7) is 1.63. The number of imide groups is 1. The van der Waals surface area contributed by atoms with Crippen molar-refractivity contribution in [3.05, 3.63) is 21.2 Å². The number of alkyl halides is 4. The first-order chi connectivity index (χ1) is 13.4. The van der Waals surface area contributed by atoms with Gasteiger partial charge in [-0.1, -0.05) is 58.0 Å². The third-order valence-electron chi connectivity index (χ3n) is 6.71. The van der Waals surface area contributed by atoms with Gasteiger partial charge in [-0.2, -0.15) is 5.06 Å². The third kappa shape index (κ3) is 2.16. The van der Waals surface area contributed by atoms with E-state index in [1.54, 1.807) is 6.92 Å². The minimum Gasteiger partial charge on any atom is -0.373 e. The van der Waals surface area contributed by atoms with E-state index in [2.05, 4.69) is 0 Å². The highest BCUT2D eigenvalue weighted by molar-refractivity contribution is 6.65. The molecule has 3 aliphatic heterocycles. The van der Waals surface area contributed by atoms with Gasteiger partial charge in [-0.3, -0.25) is 14.4 Å². The number of fused-ring (bicyclic) bond motifs is 12. The van der Waals surface area contributed by atoms with Crippen LogP contribution in [0.2, 0.25) is 0 Å². The average Bonchev–Trinajstić information content (AvgIpc) is 3.33. The number of allylic oxidation sites excluding steroid dienone is 3. The van der Waals surface area contributed by atoms with Gasteiger partial charge >= 0.3 is 0 Å². The van der Waals surface area contributed by atoms with Gasteiger partial charge in [0.05, 0.1) is 40.7 Å². The topological polar surface area (TPSA) is 55.8 Å². The standard InChI is InChI=1S/C17H12Cl7NO4/c1-4(18)2-3-28-25-13(26)5-6(14(25)27)10-8-7(9(5)29-10)15(21)11(19)12(20)16(8,22)17(15,23)24/h2,5-10H,3H2,1H3/b4-2+/t5-,6+,7-,8+,9+,10-,15-,16-/m1/s1. The van der Waals surface area contributed by atoms with Crippen molar-refractivity contribution in [2.75, 3.05) is 6.61 Å². The van der Waals surface area contributed by atoms with E-state index in [4.69, 9.17) is 90.8 Å². The molecule has 5 rings (SSSR count). The van der Waals surface area contributed by atoms with Crippen molar-refractivity contribution in [3.63, 3.8) is 0 Å². The van der Waals surface area contributed by atoms with Crippen LogP contribution < -0.4 is 0 Å². The first-order valence-corrected chi connectivity index (χ1v) is 11.4. The molecular weight excluding hydrogens is 530 g/mol. The highest BCUT2D eigenvalue weighted by atomic mass is 35.5. The fourth-order valence-corrected chi connectivity index (χ4v) is 8.75. The van der Waals surface area contributed by atoms with Gasteiger partial charge in [-0.15, -0.1) is 23.2 Å². The molecule has 3 saturated heterocycles. The Morgan fingerprint density at radius 3 is 1.90 bits per heavy atom. The highest BCUT2D eigenvalue weighted by Crippen LogP contribution is 2.81. The van der Waals surface area contributed by atoms with Gasteiger partial charge in [0, 0.05) is 16.9 Å². The lowest BCUT2D eigenvalue weighted by atomic mass is 9.65. The zero-order chi connectivity index (χ0) is 21.3. The molecule has 2 aliphatic carbocycles. The molecule has 2 amide bonds. The van der Waals surface area contributed by atoms with Crippen LogP contribution in [-0.4, -0.2) is 49.8 Å². The summed E-state index contributed by atoms with van der Waals surface area (Å²) in [5.74, 6) is -3.81. The molecule has 0 aromatic rings. The second-order valence-electron chi connectivity index (χ2n) is 7.85. The number of hydrogen-bond acceptors (Lipinski definition) is 4. The first kappa shape index (κ1) is 21.4. The number of hydroxylamine groups is 2. The van der Waals surface area contributed by atoms with E-state index in [1.807, 2.05) is 0 Å². The zero-order valence-corrected chi connectivity index (χ0v) is 19.8. The normalized spacial score (nSPS) is 49.5. The summed E-state index contributed by atoms with van der Waals surface area (Å²) < 4.78 is 4.31. The Morgan fingerprint density at radius 2 is 1.48 bits per heavy atom. The Bertz CT molecular complexity index is 859. The molecule has 3 heterocycles. The fourth-order valence-electron chi connectivity index (χ4n) is 5.62. The van der Waals surface area contributed by atoms with E-state index in [0.717, 1.165) is 5.06 Å². The van der Waals surface area contributed by atoms with Crippen LogP contribution in [-0.2, 0) is 19.2 Å². The third-order valence-corrected chi connectivity index (χ3v) is 11.2. The molecule has 0 aromatic carbocycles. The van der Waals surface area contributed by atoms with Gasteiger partial charge in [0.2, 0.25) is 0 Å². The second kappa shape index (κ2) is 6.33. The van der Waals surface area contributed by atoms with Crippen LogP contribution in [0.1, 0.15) is 6.92 Å². The van der Waals surface area contributed by atoms with Crippen molar-refractivity contribution in [1.29, 1.82) is 0 Å². The average molecular weight is 542 g/mol. The van der Waals surface area contributed by atoms with Crippen LogP contribution in [0.5, 0.6) is 0 Å². The second-order valence-corrected chi connectivity index (χ2v) is 11.7. The van der Waals surface area contributed by atoms with Crippen molar-refractivity contribution in [1.82, 2.24) is 5.06 Å². The van der Waals surface area contributed by atoms with Crippen LogP contribution in [0.3, 0.4) is 0 Å². The number of hydrogen-bond donors (Lipinski definition) is 0. The Hall–Kier alpha value is 0.570. The molecule has 5 nitrogen and oxygen atoms in total. The molecule has 29 heavy (non-hydrogen) atoms. The van der Waals surface area contributed by atoms with E-state index in [9.17, 15) is 9.59 Å². The minimum absolute atomic E-state index is 0.0279. The lowest BCUT2D eigenvalue weighted by Gasteiger charge is -2.39. The van der Waals surface area contributed by atoms with Crippen LogP contribution in [0, 0.1) is 23.7 Å². The molecule has 0 aromatic heterocycles.